The van der Waals surface area contributed by atoms with Crippen molar-refractivity contribution in [2.24, 2.45) is 0 Å². The van der Waals surface area contributed by atoms with Crippen LogP contribution in [0.4, 0.5) is 24.5 Å². The molecule has 0 atom stereocenters. The Hall–Kier alpha value is -5.91. The van der Waals surface area contributed by atoms with Crippen LogP contribution in [0.5, 0.6) is 5.75 Å². The molecule has 6 heterocycles. The van der Waals surface area contributed by atoms with Crippen molar-refractivity contribution in [1.82, 2.24) is 39.0 Å². The van der Waals surface area contributed by atoms with E-state index in [-0.39, 0.29) is 78.4 Å². The summed E-state index contributed by atoms with van der Waals surface area (Å²) in [4.78, 5) is 61.7. The van der Waals surface area contributed by atoms with E-state index in [9.17, 15) is 32.7 Å². The van der Waals surface area contributed by atoms with Gasteiger partial charge in [-0.15, -0.1) is 5.10 Å². The van der Waals surface area contributed by atoms with E-state index >= 15 is 0 Å². The van der Waals surface area contributed by atoms with E-state index in [4.69, 9.17) is 9.72 Å². The van der Waals surface area contributed by atoms with E-state index in [1.54, 1.807) is 23.9 Å². The Labute approximate surface area is 300 Å². The third kappa shape index (κ3) is 6.65. The number of nitrogens with zero attached hydrogens (tertiary/aromatic N) is 9. The fourth-order valence-electron chi connectivity index (χ4n) is 6.76. The second-order valence-corrected chi connectivity index (χ2v) is 12.8. The molecule has 15 nitrogen and oxygen atoms in total. The van der Waals surface area contributed by atoms with Crippen molar-refractivity contribution < 1.29 is 32.6 Å². The normalized spacial score (nSPS) is 14.8. The van der Waals surface area contributed by atoms with Gasteiger partial charge in [0.1, 0.15) is 18.6 Å². The first-order valence-corrected chi connectivity index (χ1v) is 16.9. The summed E-state index contributed by atoms with van der Waals surface area (Å²) in [5.74, 6) is -1.00. The maximum Gasteiger partial charge on any atom is 0.416 e. The summed E-state index contributed by atoms with van der Waals surface area (Å²) in [6.07, 6.45) is 0.891. The number of pyridine rings is 1. The summed E-state index contributed by atoms with van der Waals surface area (Å²) in [5, 5.41) is 17.8. The Kier molecular flexibility index (Phi) is 9.31. The quantitative estimate of drug-likeness (QED) is 0.252. The number of aromatic hydroxyl groups is 1. The lowest BCUT2D eigenvalue weighted by Crippen LogP contribution is -2.51. The van der Waals surface area contributed by atoms with Crippen molar-refractivity contribution >= 4 is 29.0 Å². The average Bonchev–Trinajstić information content (AvgIpc) is 3.60. The van der Waals surface area contributed by atoms with E-state index in [1.165, 1.54) is 24.2 Å². The number of rotatable bonds is 7. The van der Waals surface area contributed by atoms with Crippen LogP contribution in [0.25, 0.3) is 17.2 Å². The largest absolute Gasteiger partial charge is 0.504 e. The monoisotopic (exact) mass is 732 g/mol. The predicted octanol–water partition coefficient (Wildman–Crippen LogP) is 3.32. The van der Waals surface area contributed by atoms with Gasteiger partial charge in [-0.25, -0.2) is 9.97 Å². The predicted molar refractivity (Wildman–Crippen MR) is 185 cm³/mol. The minimum Gasteiger partial charge on any atom is -0.504 e. The lowest BCUT2D eigenvalue weighted by Gasteiger charge is -2.36. The molecule has 2 amide bonds. The second-order valence-electron chi connectivity index (χ2n) is 12.8. The molecule has 0 unspecified atom stereocenters. The number of benzene rings is 1. The lowest BCUT2D eigenvalue weighted by atomic mass is 10.00. The van der Waals surface area contributed by atoms with Crippen LogP contribution in [0, 0.1) is 13.8 Å². The highest BCUT2D eigenvalue weighted by Gasteiger charge is 2.32. The zero-order valence-electron chi connectivity index (χ0n) is 29.1. The number of amides is 2. The molecule has 53 heavy (non-hydrogen) atoms. The highest BCUT2D eigenvalue weighted by Crippen LogP contribution is 2.32. The number of hydrogen-bond acceptors (Lipinski definition) is 11. The summed E-state index contributed by atoms with van der Waals surface area (Å²) in [6, 6.07) is 3.07. The van der Waals surface area contributed by atoms with E-state index in [1.807, 2.05) is 11.8 Å². The van der Waals surface area contributed by atoms with Crippen LogP contribution in [0.1, 0.15) is 51.1 Å². The Balaban J connectivity index is 1.27. The van der Waals surface area contributed by atoms with Gasteiger partial charge in [0.15, 0.2) is 17.3 Å². The molecule has 4 aromatic heterocycles. The molecule has 5 aromatic rings. The van der Waals surface area contributed by atoms with Crippen molar-refractivity contribution in [1.29, 1.82) is 0 Å². The van der Waals surface area contributed by atoms with Gasteiger partial charge < -0.3 is 29.5 Å². The van der Waals surface area contributed by atoms with Gasteiger partial charge in [0.05, 0.1) is 30.2 Å². The molecular weight excluding hydrogens is 697 g/mol. The van der Waals surface area contributed by atoms with Crippen LogP contribution in [0.15, 0.2) is 41.7 Å². The number of carbonyl (C=O) groups excluding carboxylic acids is 2. The van der Waals surface area contributed by atoms with Gasteiger partial charge in [-0.1, -0.05) is 6.92 Å². The number of carbonyl (C=O) groups is 2. The molecule has 0 spiro atoms. The summed E-state index contributed by atoms with van der Waals surface area (Å²) >= 11 is 0. The van der Waals surface area contributed by atoms with Crippen LogP contribution >= 0.6 is 0 Å². The standard InChI is InChI=1S/C35H35F3N10O5/c1-4-26-29(45-8-10-46(11-9-45)32(51)28-30(50)20(3)40-18-41-28)33(52)48-34(43-31(44-48)24-15-39-14-21-17-53-12-7-23(21)24)47(26)16-27(49)42-25-6-5-22(13-19(25)2)35(36,37)38/h5-6,13-15,18,50H,4,7-12,16-17H2,1-3H3,(H,42,49). The fourth-order valence-corrected chi connectivity index (χ4v) is 6.76. The first-order valence-electron chi connectivity index (χ1n) is 16.9. The van der Waals surface area contributed by atoms with Crippen molar-refractivity contribution in [2.45, 2.75) is 52.9 Å². The zero-order valence-corrected chi connectivity index (χ0v) is 29.1. The highest BCUT2D eigenvalue weighted by atomic mass is 19.4. The molecule has 1 saturated heterocycles. The summed E-state index contributed by atoms with van der Waals surface area (Å²) in [6.45, 7) is 6.25. The molecule has 1 fully saturated rings. The Morgan fingerprint density at radius 1 is 1.08 bits per heavy atom. The van der Waals surface area contributed by atoms with Gasteiger partial charge in [0.2, 0.25) is 11.7 Å². The number of anilines is 2. The SMILES string of the molecule is CCc1c(N2CCN(C(=O)c3ncnc(C)c3O)CC2)c(=O)n2nc(-c3cncc4c3CCOC4)nc2n1CC(=O)Nc1ccc(C(F)(F)F)cc1C. The number of halogens is 3. The van der Waals surface area contributed by atoms with Gasteiger partial charge >= 0.3 is 6.18 Å². The molecule has 2 aliphatic heterocycles. The number of fused-ring (bicyclic) bond motifs is 2. The molecule has 0 bridgehead atoms. The van der Waals surface area contributed by atoms with E-state index in [0.29, 0.717) is 37.3 Å². The summed E-state index contributed by atoms with van der Waals surface area (Å²) in [7, 11) is 0. The molecule has 7 rings (SSSR count). The van der Waals surface area contributed by atoms with Crippen LogP contribution in [0.2, 0.25) is 0 Å². The van der Waals surface area contributed by atoms with Crippen molar-refractivity contribution in [2.75, 3.05) is 43.0 Å². The smallest absolute Gasteiger partial charge is 0.416 e. The van der Waals surface area contributed by atoms with Crippen LogP contribution in [-0.2, 0) is 41.7 Å². The first kappa shape index (κ1) is 35.5. The van der Waals surface area contributed by atoms with E-state index in [0.717, 1.165) is 27.8 Å². The maximum absolute atomic E-state index is 14.4. The van der Waals surface area contributed by atoms with Gasteiger partial charge in [-0.3, -0.25) is 19.4 Å². The minimum atomic E-state index is -4.54. The first-order chi connectivity index (χ1) is 25.3. The van der Waals surface area contributed by atoms with Gasteiger partial charge in [-0.2, -0.15) is 22.7 Å². The van der Waals surface area contributed by atoms with Crippen LogP contribution in [0.3, 0.4) is 0 Å². The Morgan fingerprint density at radius 3 is 2.57 bits per heavy atom. The zero-order chi connectivity index (χ0) is 37.6. The van der Waals surface area contributed by atoms with Crippen LogP contribution < -0.4 is 15.8 Å². The number of hydrogen-bond donors (Lipinski definition) is 2. The molecular formula is C35H35F3N10O5. The van der Waals surface area contributed by atoms with Gasteiger partial charge in [0.25, 0.3) is 11.5 Å². The Morgan fingerprint density at radius 2 is 1.85 bits per heavy atom. The molecule has 18 heteroatoms. The third-order valence-electron chi connectivity index (χ3n) is 9.52. The fraction of sp³-hybridized carbons (Fsp3) is 0.371. The van der Waals surface area contributed by atoms with Gasteiger partial charge in [0, 0.05) is 55.4 Å². The van der Waals surface area contributed by atoms with Crippen molar-refractivity contribution in [3.63, 3.8) is 0 Å². The third-order valence-corrected chi connectivity index (χ3v) is 9.52. The topological polar surface area (TPSA) is 173 Å². The van der Waals surface area contributed by atoms with Gasteiger partial charge in [-0.05, 0) is 56.0 Å². The maximum atomic E-state index is 14.4. The molecule has 2 N–H and O–H groups in total. The number of piperazine rings is 1. The number of nitrogens with one attached hydrogen (secondary N) is 1. The molecule has 2 aliphatic rings. The average molecular weight is 733 g/mol. The van der Waals surface area contributed by atoms with Crippen molar-refractivity contribution in [3.8, 4) is 17.1 Å². The molecule has 276 valence electrons. The van der Waals surface area contributed by atoms with Crippen LogP contribution in [-0.4, -0.2) is 88.7 Å². The summed E-state index contributed by atoms with van der Waals surface area (Å²) < 4.78 is 48.3. The molecule has 0 radical (unpaired) electrons. The number of aromatic nitrogens is 7. The Bertz CT molecular complexity index is 2310. The number of alkyl halides is 3. The molecule has 0 aliphatic carbocycles. The number of aryl methyl sites for hydroxylation is 2. The van der Waals surface area contributed by atoms with Crippen molar-refractivity contribution in [3.05, 3.63) is 86.6 Å². The molecule has 1 aromatic carbocycles. The van der Waals surface area contributed by atoms with E-state index < -0.39 is 29.1 Å². The number of ether oxygens (including phenoxy) is 1. The van der Waals surface area contributed by atoms with E-state index in [2.05, 4.69) is 25.4 Å². The molecule has 0 saturated carbocycles. The second kappa shape index (κ2) is 13.9. The minimum absolute atomic E-state index is 0.0953. The lowest BCUT2D eigenvalue weighted by molar-refractivity contribution is -0.137. The highest BCUT2D eigenvalue weighted by molar-refractivity contribution is 5.95. The summed E-state index contributed by atoms with van der Waals surface area (Å²) in [5.41, 5.74) is 2.47.